The Morgan fingerprint density at radius 2 is 1.73 bits per heavy atom. The number of hydrogen-bond acceptors (Lipinski definition) is 15. The zero-order valence-electron chi connectivity index (χ0n) is 37.1. The molecule has 5 aromatic rings. The molecule has 5 atom stereocenters. The maximum absolute atomic E-state index is 13.8. The monoisotopic (exact) mass is 936 g/mol. The molecule has 0 radical (unpaired) electrons. The summed E-state index contributed by atoms with van der Waals surface area (Å²) in [5.74, 6) is -0.752. The molecule has 21 nitrogen and oxygen atoms in total. The van der Waals surface area contributed by atoms with Crippen molar-refractivity contribution in [3.05, 3.63) is 118 Å². The highest BCUT2D eigenvalue weighted by atomic mass is 32.3. The summed E-state index contributed by atoms with van der Waals surface area (Å²) in [5.41, 5.74) is 9.28. The molecule has 2 aliphatic rings. The van der Waals surface area contributed by atoms with Gasteiger partial charge in [0.2, 0.25) is 17.8 Å². The highest BCUT2D eigenvalue weighted by Gasteiger charge is 2.37. The number of anilines is 1. The van der Waals surface area contributed by atoms with E-state index in [1.165, 1.54) is 10.9 Å². The van der Waals surface area contributed by atoms with Crippen molar-refractivity contribution < 1.29 is 47.2 Å². The second kappa shape index (κ2) is 23.7. The van der Waals surface area contributed by atoms with Gasteiger partial charge in [-0.05, 0) is 61.9 Å². The summed E-state index contributed by atoms with van der Waals surface area (Å²) in [6, 6.07) is 20.6. The first-order chi connectivity index (χ1) is 31.3. The lowest BCUT2D eigenvalue weighted by Crippen LogP contribution is -2.61. The number of H-pyrrole nitrogens is 1. The number of nitrogens with one attached hydrogen (secondary N) is 3. The van der Waals surface area contributed by atoms with E-state index >= 15 is 0 Å². The summed E-state index contributed by atoms with van der Waals surface area (Å²) in [5, 5.41) is 37.1. The van der Waals surface area contributed by atoms with Crippen LogP contribution < -0.4 is 21.9 Å². The van der Waals surface area contributed by atoms with Crippen LogP contribution in [0.5, 0.6) is 0 Å². The van der Waals surface area contributed by atoms with E-state index in [9.17, 15) is 24.6 Å². The molecule has 0 spiro atoms. The number of benzene rings is 2. The maximum atomic E-state index is 13.8. The minimum Gasteiger partial charge on any atom is -0.394 e. The largest absolute Gasteiger partial charge is 0.394 e. The molecule has 66 heavy (non-hydrogen) atoms. The van der Waals surface area contributed by atoms with E-state index in [1.807, 2.05) is 93.7 Å². The van der Waals surface area contributed by atoms with Crippen molar-refractivity contribution in [1.29, 1.82) is 0 Å². The normalized spacial score (nSPS) is 18.5. The number of nitrogens with zero attached hydrogens (tertiary/aromatic N) is 6. The third-order valence-electron chi connectivity index (χ3n) is 10.7. The predicted octanol–water partition coefficient (Wildman–Crippen LogP) is 0.882. The second-order valence-electron chi connectivity index (χ2n) is 17.1. The Hall–Kier alpha value is -5.69. The van der Waals surface area contributed by atoms with Gasteiger partial charge in [0.25, 0.3) is 5.56 Å². The molecule has 0 unspecified atom stereocenters. The Morgan fingerprint density at radius 1 is 1.03 bits per heavy atom. The number of aromatic nitrogens is 5. The van der Waals surface area contributed by atoms with Crippen LogP contribution in [0.2, 0.25) is 0 Å². The van der Waals surface area contributed by atoms with E-state index in [-0.39, 0.29) is 61.7 Å². The topological polar surface area (TPSA) is 312 Å². The van der Waals surface area contributed by atoms with Gasteiger partial charge in [0.1, 0.15) is 12.8 Å². The first-order valence-electron chi connectivity index (χ1n) is 21.3. The van der Waals surface area contributed by atoms with Crippen molar-refractivity contribution in [2.24, 2.45) is 5.92 Å². The number of carbonyl (C=O) groups excluding carboxylic acids is 2. The van der Waals surface area contributed by atoms with Gasteiger partial charge in [-0.25, -0.2) is 4.98 Å². The lowest BCUT2D eigenvalue weighted by Gasteiger charge is -2.42. The number of amides is 2. The van der Waals surface area contributed by atoms with Crippen molar-refractivity contribution >= 4 is 39.3 Å². The van der Waals surface area contributed by atoms with Gasteiger partial charge in [0, 0.05) is 63.0 Å². The van der Waals surface area contributed by atoms with Gasteiger partial charge in [-0.2, -0.15) is 13.4 Å². The zero-order valence-corrected chi connectivity index (χ0v) is 37.9. The number of fused-ring (bicyclic) bond motifs is 2. The first-order valence-corrected chi connectivity index (χ1v) is 22.7. The standard InChI is InChI=1S/C36H47N5O4.C8H11N5O3.H2O4S/c1-36(2,3)39-35(45)31-24-40(22-26-12-9-15-37-21-26)16-17-41(31)23-29(42)19-28(18-25-10-5-4-6-11-25)34(44)38-33-30-14-8-7-13-27(30)20-32(33)43;9-8-11-6-5(7(15)12-8)10-3-13(6)4-16-2-1-14;1-5(2,3)4/h4-15,21,28-29,31-33,42-43H,16-20,22-24H2,1-3H3,(H,38,44)(H,39,45);3,14H,1-2,4H2,(H3,9,11,12,15);(H2,1,2,3,4)/t28-,29+,31+,32-,33+;;/m1../s1. The lowest BCUT2D eigenvalue weighted by atomic mass is 9.91. The fourth-order valence-electron chi connectivity index (χ4n) is 7.86. The number of hydrogen-bond donors (Lipinski definition) is 9. The summed E-state index contributed by atoms with van der Waals surface area (Å²) in [4.78, 5) is 57.5. The number of carbonyl (C=O) groups is 2. The molecule has 4 heterocycles. The van der Waals surface area contributed by atoms with Crippen LogP contribution in [0.15, 0.2) is 90.2 Å². The lowest BCUT2D eigenvalue weighted by molar-refractivity contribution is -0.132. The van der Waals surface area contributed by atoms with E-state index in [2.05, 4.69) is 40.4 Å². The predicted molar refractivity (Wildman–Crippen MR) is 244 cm³/mol. The molecular weight excluding hydrogens is 877 g/mol. The Labute approximate surface area is 382 Å². The van der Waals surface area contributed by atoms with Crippen LogP contribution in [0, 0.1) is 5.92 Å². The van der Waals surface area contributed by atoms with E-state index < -0.39 is 46.1 Å². The number of ether oxygens (including phenoxy) is 1. The highest BCUT2D eigenvalue weighted by Crippen LogP contribution is 2.32. The molecule has 1 aliphatic heterocycles. The smallest absolute Gasteiger partial charge is 0.394 e. The molecule has 0 bridgehead atoms. The molecular formula is C44H60N10O11S. The highest BCUT2D eigenvalue weighted by molar-refractivity contribution is 7.79. The molecule has 10 N–H and O–H groups in total. The van der Waals surface area contributed by atoms with Crippen LogP contribution in [0.3, 0.4) is 0 Å². The maximum Gasteiger partial charge on any atom is 0.394 e. The molecule has 2 amide bonds. The summed E-state index contributed by atoms with van der Waals surface area (Å²) in [6.07, 6.45) is 4.69. The molecule has 2 aromatic carbocycles. The third-order valence-corrected chi connectivity index (χ3v) is 10.7. The number of pyridine rings is 1. The quantitative estimate of drug-likeness (QED) is 0.0520. The van der Waals surface area contributed by atoms with Gasteiger partial charge in [-0.15, -0.1) is 0 Å². The Bertz CT molecular complexity index is 2500. The fourth-order valence-corrected chi connectivity index (χ4v) is 7.86. The molecule has 1 fully saturated rings. The zero-order chi connectivity index (χ0) is 48.0. The first kappa shape index (κ1) is 51.3. The molecule has 22 heteroatoms. The van der Waals surface area contributed by atoms with Crippen molar-refractivity contribution in [3.63, 3.8) is 0 Å². The number of nitrogen functional groups attached to an aromatic ring is 1. The number of piperazine rings is 1. The number of aromatic amines is 1. The van der Waals surface area contributed by atoms with Gasteiger partial charge >= 0.3 is 10.4 Å². The molecule has 3 aromatic heterocycles. The van der Waals surface area contributed by atoms with Gasteiger partial charge in [0.15, 0.2) is 11.2 Å². The van der Waals surface area contributed by atoms with Crippen LogP contribution >= 0.6 is 0 Å². The van der Waals surface area contributed by atoms with Crippen molar-refractivity contribution in [1.82, 2.24) is 44.9 Å². The summed E-state index contributed by atoms with van der Waals surface area (Å²) in [6.45, 7) is 9.04. The van der Waals surface area contributed by atoms with E-state index in [1.54, 1.807) is 6.20 Å². The molecule has 7 rings (SSSR count). The number of β-amino-alcohol motifs (C(OH)–C–C–N with tert-alkyl or cyclic N) is 1. The fraction of sp³-hybridized carbons (Fsp3) is 0.455. The van der Waals surface area contributed by atoms with Gasteiger partial charge in [-0.1, -0.05) is 60.7 Å². The summed E-state index contributed by atoms with van der Waals surface area (Å²) < 4.78 is 38.2. The average Bonchev–Trinajstić information content (AvgIpc) is 3.80. The van der Waals surface area contributed by atoms with E-state index in [0.29, 0.717) is 38.1 Å². The Kier molecular flexibility index (Phi) is 18.4. The van der Waals surface area contributed by atoms with Crippen LogP contribution in [-0.2, 0) is 50.8 Å². The van der Waals surface area contributed by atoms with Crippen molar-refractivity contribution in [2.75, 3.05) is 45.1 Å². The molecule has 1 saturated heterocycles. The van der Waals surface area contributed by atoms with Crippen molar-refractivity contribution in [3.8, 4) is 0 Å². The van der Waals surface area contributed by atoms with Gasteiger partial charge < -0.3 is 36.4 Å². The van der Waals surface area contributed by atoms with Crippen LogP contribution in [-0.4, -0.2) is 142 Å². The van der Waals surface area contributed by atoms with Crippen molar-refractivity contribution in [2.45, 2.75) is 83.1 Å². The second-order valence-corrected chi connectivity index (χ2v) is 18.0. The molecule has 1 aliphatic carbocycles. The third kappa shape index (κ3) is 16.0. The summed E-state index contributed by atoms with van der Waals surface area (Å²) in [7, 11) is -4.67. The number of nitrogens with two attached hydrogens (primary N) is 1. The molecule has 358 valence electrons. The number of imidazole rings is 1. The molecule has 0 saturated carbocycles. The SMILES string of the molecule is CC(C)(C)NC(=O)[C@@H]1CN(Cc2cccnc2)CCN1C[C@@H](O)C[C@@H](Cc1ccccc1)C(=O)N[C@H]1c2ccccc2C[C@H]1O.Nc1nc2c(ncn2COCCO)c(=O)[nH]1.O=S(=O)(O)O. The van der Waals surface area contributed by atoms with Gasteiger partial charge in [0.05, 0.1) is 37.8 Å². The van der Waals surface area contributed by atoms with Crippen LogP contribution in [0.1, 0.15) is 55.5 Å². The number of rotatable bonds is 15. The Morgan fingerprint density at radius 3 is 2.41 bits per heavy atom. The van der Waals surface area contributed by atoms with Crippen LogP contribution in [0.25, 0.3) is 11.2 Å². The number of aliphatic hydroxyl groups is 3. The average molecular weight is 937 g/mol. The minimum atomic E-state index is -4.67. The van der Waals surface area contributed by atoms with E-state index in [4.69, 9.17) is 33.1 Å². The minimum absolute atomic E-state index is 0.0291. The van der Waals surface area contributed by atoms with E-state index in [0.717, 1.165) is 28.8 Å². The van der Waals surface area contributed by atoms with Gasteiger partial charge in [-0.3, -0.25) is 47.8 Å². The Balaban J connectivity index is 0.000000320. The van der Waals surface area contributed by atoms with Crippen LogP contribution in [0.4, 0.5) is 5.95 Å². The number of aliphatic hydroxyl groups excluding tert-OH is 3. The summed E-state index contributed by atoms with van der Waals surface area (Å²) >= 11 is 0.